The maximum absolute atomic E-state index is 11.4. The quantitative estimate of drug-likeness (QED) is 0.499. The van der Waals surface area contributed by atoms with Gasteiger partial charge in [-0.3, -0.25) is 0 Å². The van der Waals surface area contributed by atoms with Gasteiger partial charge in [-0.15, -0.1) is 0 Å². The van der Waals surface area contributed by atoms with Gasteiger partial charge in [0.2, 0.25) is 0 Å². The van der Waals surface area contributed by atoms with Crippen molar-refractivity contribution in [2.75, 3.05) is 19.6 Å². The highest BCUT2D eigenvalue weighted by atomic mass is 16.2. The number of amides is 2. The molecule has 0 radical (unpaired) electrons. The minimum absolute atomic E-state index is 0.0741. The largest absolute Gasteiger partial charge is 0.340 e. The second-order valence-corrected chi connectivity index (χ2v) is 2.83. The summed E-state index contributed by atoms with van der Waals surface area (Å²) in [7, 11) is 0. The first kappa shape index (κ1) is 6.64. The van der Waals surface area contributed by atoms with Crippen LogP contribution in [0.5, 0.6) is 0 Å². The SMILES string of the molecule is O=C(N1CCC1)N1CCC=N1. The Balaban J connectivity index is 1.92. The zero-order valence-electron chi connectivity index (χ0n) is 6.36. The Morgan fingerprint density at radius 1 is 1.36 bits per heavy atom. The molecule has 0 N–H and O–H groups in total. The Morgan fingerprint density at radius 3 is 2.64 bits per heavy atom. The molecule has 60 valence electrons. The average Bonchev–Trinajstić information content (AvgIpc) is 2.32. The van der Waals surface area contributed by atoms with E-state index in [1.165, 1.54) is 0 Å². The van der Waals surface area contributed by atoms with Gasteiger partial charge in [0, 0.05) is 25.7 Å². The molecule has 2 amide bonds. The molecule has 0 aromatic heterocycles. The summed E-state index contributed by atoms with van der Waals surface area (Å²) in [6, 6.07) is 0.0741. The zero-order valence-corrected chi connectivity index (χ0v) is 6.36. The van der Waals surface area contributed by atoms with Crippen LogP contribution in [0.3, 0.4) is 0 Å². The van der Waals surface area contributed by atoms with E-state index in [0.717, 1.165) is 32.5 Å². The molecule has 2 aliphatic heterocycles. The first-order valence-corrected chi connectivity index (χ1v) is 3.97. The van der Waals surface area contributed by atoms with Gasteiger partial charge in [-0.1, -0.05) is 0 Å². The Morgan fingerprint density at radius 2 is 2.18 bits per heavy atom. The fraction of sp³-hybridized carbons (Fsp3) is 0.714. The van der Waals surface area contributed by atoms with Crippen molar-refractivity contribution in [3.8, 4) is 0 Å². The summed E-state index contributed by atoms with van der Waals surface area (Å²) in [6.07, 6.45) is 3.83. The van der Waals surface area contributed by atoms with Crippen LogP contribution in [0.1, 0.15) is 12.8 Å². The van der Waals surface area contributed by atoms with Gasteiger partial charge in [-0.25, -0.2) is 9.80 Å². The van der Waals surface area contributed by atoms with Crippen molar-refractivity contribution in [1.82, 2.24) is 9.91 Å². The Kier molecular flexibility index (Phi) is 1.52. The van der Waals surface area contributed by atoms with Crippen molar-refractivity contribution in [2.45, 2.75) is 12.8 Å². The van der Waals surface area contributed by atoms with Gasteiger partial charge in [0.05, 0.1) is 6.54 Å². The summed E-state index contributed by atoms with van der Waals surface area (Å²) in [5, 5.41) is 5.50. The lowest BCUT2D eigenvalue weighted by Crippen LogP contribution is -2.47. The van der Waals surface area contributed by atoms with E-state index in [2.05, 4.69) is 5.10 Å². The number of urea groups is 1. The highest BCUT2D eigenvalue weighted by Gasteiger charge is 2.25. The maximum atomic E-state index is 11.4. The zero-order chi connectivity index (χ0) is 7.68. The molecule has 11 heavy (non-hydrogen) atoms. The van der Waals surface area contributed by atoms with E-state index in [1.54, 1.807) is 11.2 Å². The van der Waals surface area contributed by atoms with Crippen molar-refractivity contribution in [3.63, 3.8) is 0 Å². The van der Waals surface area contributed by atoms with E-state index in [1.807, 2.05) is 4.90 Å². The van der Waals surface area contributed by atoms with Crippen LogP contribution in [0, 0.1) is 0 Å². The van der Waals surface area contributed by atoms with Gasteiger partial charge < -0.3 is 4.90 Å². The second kappa shape index (κ2) is 2.53. The molecule has 0 aromatic carbocycles. The number of rotatable bonds is 0. The normalized spacial score (nSPS) is 22.2. The molecule has 4 heteroatoms. The number of hydrogen-bond donors (Lipinski definition) is 0. The molecule has 0 aromatic rings. The molecule has 4 nitrogen and oxygen atoms in total. The summed E-state index contributed by atoms with van der Waals surface area (Å²) < 4.78 is 0. The van der Waals surface area contributed by atoms with Crippen LogP contribution in [-0.4, -0.2) is 41.8 Å². The van der Waals surface area contributed by atoms with Crippen LogP contribution in [0.2, 0.25) is 0 Å². The van der Waals surface area contributed by atoms with Crippen molar-refractivity contribution in [1.29, 1.82) is 0 Å². The minimum atomic E-state index is 0.0741. The highest BCUT2D eigenvalue weighted by molar-refractivity contribution is 5.77. The minimum Gasteiger partial charge on any atom is -0.323 e. The highest BCUT2D eigenvalue weighted by Crippen LogP contribution is 2.11. The van der Waals surface area contributed by atoms with Crippen LogP contribution in [0.15, 0.2) is 5.10 Å². The van der Waals surface area contributed by atoms with Gasteiger partial charge >= 0.3 is 6.03 Å². The number of carbonyl (C=O) groups is 1. The number of carbonyl (C=O) groups excluding carboxylic acids is 1. The Bertz CT molecular complexity index is 198. The van der Waals surface area contributed by atoms with Gasteiger partial charge in [-0.05, 0) is 6.42 Å². The number of hydrazone groups is 1. The van der Waals surface area contributed by atoms with Crippen molar-refractivity contribution in [3.05, 3.63) is 0 Å². The average molecular weight is 153 g/mol. The predicted octanol–water partition coefficient (Wildman–Crippen LogP) is 0.504. The first-order chi connectivity index (χ1) is 5.38. The van der Waals surface area contributed by atoms with Gasteiger partial charge in [0.15, 0.2) is 0 Å². The van der Waals surface area contributed by atoms with Crippen LogP contribution in [0.25, 0.3) is 0 Å². The lowest BCUT2D eigenvalue weighted by atomic mass is 10.2. The molecular weight excluding hydrogens is 142 g/mol. The van der Waals surface area contributed by atoms with E-state index < -0.39 is 0 Å². The summed E-state index contributed by atoms with van der Waals surface area (Å²) in [4.78, 5) is 13.2. The summed E-state index contributed by atoms with van der Waals surface area (Å²) in [5.41, 5.74) is 0. The lowest BCUT2D eigenvalue weighted by Gasteiger charge is -2.32. The van der Waals surface area contributed by atoms with E-state index in [-0.39, 0.29) is 6.03 Å². The smallest absolute Gasteiger partial charge is 0.323 e. The molecule has 1 saturated heterocycles. The Hall–Kier alpha value is -1.06. The molecular formula is C7H11N3O. The fourth-order valence-electron chi connectivity index (χ4n) is 1.21. The molecule has 2 heterocycles. The molecule has 0 aliphatic carbocycles. The van der Waals surface area contributed by atoms with Gasteiger partial charge in [0.25, 0.3) is 0 Å². The van der Waals surface area contributed by atoms with Gasteiger partial charge in [0.1, 0.15) is 0 Å². The summed E-state index contributed by atoms with van der Waals surface area (Å²) >= 11 is 0. The lowest BCUT2D eigenvalue weighted by molar-refractivity contribution is 0.132. The third-order valence-corrected chi connectivity index (χ3v) is 2.04. The van der Waals surface area contributed by atoms with Crippen LogP contribution in [-0.2, 0) is 0 Å². The molecule has 0 saturated carbocycles. The van der Waals surface area contributed by atoms with Crippen molar-refractivity contribution >= 4 is 12.2 Å². The molecule has 2 aliphatic rings. The third kappa shape index (κ3) is 1.08. The molecule has 1 fully saturated rings. The van der Waals surface area contributed by atoms with E-state index in [4.69, 9.17) is 0 Å². The monoisotopic (exact) mass is 153 g/mol. The fourth-order valence-corrected chi connectivity index (χ4v) is 1.21. The second-order valence-electron chi connectivity index (χ2n) is 2.83. The maximum Gasteiger partial charge on any atom is 0.340 e. The van der Waals surface area contributed by atoms with Crippen LogP contribution >= 0.6 is 0 Å². The third-order valence-electron chi connectivity index (χ3n) is 2.04. The number of hydrogen-bond acceptors (Lipinski definition) is 2. The van der Waals surface area contributed by atoms with E-state index in [0.29, 0.717) is 0 Å². The van der Waals surface area contributed by atoms with Crippen LogP contribution < -0.4 is 0 Å². The van der Waals surface area contributed by atoms with Gasteiger partial charge in [-0.2, -0.15) is 5.10 Å². The molecule has 0 bridgehead atoms. The molecule has 0 unspecified atom stereocenters. The van der Waals surface area contributed by atoms with E-state index >= 15 is 0 Å². The number of nitrogens with zero attached hydrogens (tertiary/aromatic N) is 3. The number of likely N-dealkylation sites (tertiary alicyclic amines) is 1. The molecule has 0 atom stereocenters. The summed E-state index contributed by atoms with van der Waals surface area (Å²) in [6.45, 7) is 2.57. The van der Waals surface area contributed by atoms with Crippen molar-refractivity contribution in [2.24, 2.45) is 5.10 Å². The first-order valence-electron chi connectivity index (χ1n) is 3.97. The molecule has 2 rings (SSSR count). The standard InChI is InChI=1S/C7H11N3O/c11-7(9-4-2-5-9)10-6-1-3-8-10/h3H,1-2,4-6H2. The Labute approximate surface area is 65.5 Å². The van der Waals surface area contributed by atoms with Crippen LogP contribution in [0.4, 0.5) is 4.79 Å². The molecule has 0 spiro atoms. The topological polar surface area (TPSA) is 35.9 Å². The summed E-state index contributed by atoms with van der Waals surface area (Å²) in [5.74, 6) is 0. The van der Waals surface area contributed by atoms with Crippen molar-refractivity contribution < 1.29 is 4.79 Å². The predicted molar refractivity (Wildman–Crippen MR) is 41.4 cm³/mol. The van der Waals surface area contributed by atoms with E-state index in [9.17, 15) is 4.79 Å².